The molecule has 128 valence electrons. The monoisotopic (exact) mass is 345 g/mol. The maximum atomic E-state index is 12.5. The number of rotatable bonds is 4. The van der Waals surface area contributed by atoms with Crippen molar-refractivity contribution in [3.05, 3.63) is 70.3 Å². The number of nitrogens with one attached hydrogen (secondary N) is 1. The van der Waals surface area contributed by atoms with E-state index in [4.69, 9.17) is 0 Å². The molecule has 0 unspecified atom stereocenters. The number of aromatic nitrogens is 2. The molecule has 25 heavy (non-hydrogen) atoms. The highest BCUT2D eigenvalue weighted by Crippen LogP contribution is 2.15. The van der Waals surface area contributed by atoms with Gasteiger partial charge in [-0.1, -0.05) is 12.1 Å². The van der Waals surface area contributed by atoms with Crippen LogP contribution in [-0.4, -0.2) is 22.2 Å². The smallest absolute Gasteiger partial charge is 0.387 e. The Kier molecular flexibility index (Phi) is 4.42. The fourth-order valence-corrected chi connectivity index (χ4v) is 2.33. The topological polar surface area (TPSA) is 73.2 Å². The molecule has 0 radical (unpaired) electrons. The number of benzene rings is 2. The molecule has 0 aliphatic carbocycles. The number of amides is 1. The standard InChI is InChI=1S/C17H13F2N3O3/c1-10-20-14-5-3-2-4-13(14)16(24)22(10)21-15(23)11-6-8-12(9-7-11)25-17(18)19/h2-9,17H,1H3,(H,21,23). The highest BCUT2D eigenvalue weighted by molar-refractivity contribution is 6.00. The second-order valence-electron chi connectivity index (χ2n) is 5.16. The Bertz CT molecular complexity index is 985. The third-order valence-corrected chi connectivity index (χ3v) is 3.50. The van der Waals surface area contributed by atoms with E-state index in [0.29, 0.717) is 16.7 Å². The number of carbonyl (C=O) groups is 1. The van der Waals surface area contributed by atoms with E-state index in [2.05, 4.69) is 15.1 Å². The number of halogens is 2. The van der Waals surface area contributed by atoms with Crippen LogP contribution in [0.4, 0.5) is 8.78 Å². The van der Waals surface area contributed by atoms with Crippen LogP contribution in [0.5, 0.6) is 5.75 Å². The van der Waals surface area contributed by atoms with Crippen molar-refractivity contribution in [2.45, 2.75) is 13.5 Å². The Morgan fingerprint density at radius 1 is 1.16 bits per heavy atom. The molecular formula is C17H13F2N3O3. The molecule has 1 amide bonds. The fraction of sp³-hybridized carbons (Fsp3) is 0.118. The van der Waals surface area contributed by atoms with Gasteiger partial charge in [0.1, 0.15) is 11.6 Å². The van der Waals surface area contributed by atoms with E-state index >= 15 is 0 Å². The van der Waals surface area contributed by atoms with Crippen molar-refractivity contribution in [3.63, 3.8) is 0 Å². The van der Waals surface area contributed by atoms with Crippen LogP contribution in [-0.2, 0) is 0 Å². The summed E-state index contributed by atoms with van der Waals surface area (Å²) >= 11 is 0. The van der Waals surface area contributed by atoms with Crippen LogP contribution in [0.25, 0.3) is 10.9 Å². The van der Waals surface area contributed by atoms with E-state index < -0.39 is 18.1 Å². The van der Waals surface area contributed by atoms with Gasteiger partial charge in [-0.3, -0.25) is 15.0 Å². The van der Waals surface area contributed by atoms with Crippen LogP contribution in [0.15, 0.2) is 53.3 Å². The second-order valence-corrected chi connectivity index (χ2v) is 5.16. The summed E-state index contributed by atoms with van der Waals surface area (Å²) in [7, 11) is 0. The lowest BCUT2D eigenvalue weighted by Gasteiger charge is -2.12. The summed E-state index contributed by atoms with van der Waals surface area (Å²) in [6.45, 7) is -1.35. The number of fused-ring (bicyclic) bond motifs is 1. The van der Waals surface area contributed by atoms with Gasteiger partial charge < -0.3 is 4.74 Å². The maximum absolute atomic E-state index is 12.5. The number of aryl methyl sites for hydroxylation is 1. The van der Waals surface area contributed by atoms with E-state index in [1.165, 1.54) is 24.3 Å². The van der Waals surface area contributed by atoms with Crippen LogP contribution < -0.4 is 15.7 Å². The van der Waals surface area contributed by atoms with E-state index in [9.17, 15) is 18.4 Å². The number of hydrogen-bond acceptors (Lipinski definition) is 4. The van der Waals surface area contributed by atoms with Gasteiger partial charge in [0.05, 0.1) is 10.9 Å². The third kappa shape index (κ3) is 3.47. The SMILES string of the molecule is Cc1nc2ccccc2c(=O)n1NC(=O)c1ccc(OC(F)F)cc1. The molecule has 0 saturated heterocycles. The number of nitrogens with zero attached hydrogens (tertiary/aromatic N) is 2. The first-order chi connectivity index (χ1) is 12.0. The van der Waals surface area contributed by atoms with Gasteiger partial charge in [0.2, 0.25) is 0 Å². The Balaban J connectivity index is 1.88. The molecule has 0 aliphatic heterocycles. The van der Waals surface area contributed by atoms with Gasteiger partial charge in [-0.2, -0.15) is 8.78 Å². The molecule has 6 nitrogen and oxygen atoms in total. The van der Waals surface area contributed by atoms with Gasteiger partial charge in [-0.15, -0.1) is 0 Å². The van der Waals surface area contributed by atoms with E-state index in [1.54, 1.807) is 31.2 Å². The predicted molar refractivity (Wildman–Crippen MR) is 87.5 cm³/mol. The second kappa shape index (κ2) is 6.68. The van der Waals surface area contributed by atoms with Crippen molar-refractivity contribution in [3.8, 4) is 5.75 Å². The number of hydrogen-bond donors (Lipinski definition) is 1. The highest BCUT2D eigenvalue weighted by Gasteiger charge is 2.12. The van der Waals surface area contributed by atoms with Crippen molar-refractivity contribution in [1.82, 2.24) is 9.66 Å². The highest BCUT2D eigenvalue weighted by atomic mass is 19.3. The van der Waals surface area contributed by atoms with Crippen LogP contribution in [0.1, 0.15) is 16.2 Å². The lowest BCUT2D eigenvalue weighted by atomic mass is 10.2. The molecule has 0 spiro atoms. The first kappa shape index (κ1) is 16.6. The van der Waals surface area contributed by atoms with Gasteiger partial charge >= 0.3 is 6.61 Å². The summed E-state index contributed by atoms with van der Waals surface area (Å²) < 4.78 is 29.5. The minimum absolute atomic E-state index is 0.0627. The van der Waals surface area contributed by atoms with E-state index in [0.717, 1.165) is 4.68 Å². The predicted octanol–water partition coefficient (Wildman–Crippen LogP) is 2.69. The molecule has 0 aliphatic rings. The quantitative estimate of drug-likeness (QED) is 0.789. The minimum atomic E-state index is -2.94. The largest absolute Gasteiger partial charge is 0.435 e. The average molecular weight is 345 g/mol. The molecule has 3 aromatic rings. The minimum Gasteiger partial charge on any atom is -0.435 e. The normalized spacial score (nSPS) is 10.9. The summed E-state index contributed by atoms with van der Waals surface area (Å²) in [5.41, 5.74) is 2.77. The summed E-state index contributed by atoms with van der Waals surface area (Å²) in [5, 5.41) is 0.370. The maximum Gasteiger partial charge on any atom is 0.387 e. The Morgan fingerprint density at radius 2 is 1.84 bits per heavy atom. The van der Waals surface area contributed by atoms with Crippen molar-refractivity contribution >= 4 is 16.8 Å². The number of ether oxygens (including phenoxy) is 1. The van der Waals surface area contributed by atoms with Crippen LogP contribution in [0.2, 0.25) is 0 Å². The molecule has 2 aromatic carbocycles. The van der Waals surface area contributed by atoms with Crippen molar-refractivity contribution in [1.29, 1.82) is 0 Å². The molecule has 0 bridgehead atoms. The Hall–Kier alpha value is -3.29. The molecule has 3 rings (SSSR count). The van der Waals surface area contributed by atoms with Crippen molar-refractivity contribution in [2.75, 3.05) is 5.43 Å². The van der Waals surface area contributed by atoms with Gasteiger partial charge in [0.25, 0.3) is 11.5 Å². The lowest BCUT2D eigenvalue weighted by Crippen LogP contribution is -2.35. The van der Waals surface area contributed by atoms with Gasteiger partial charge in [-0.05, 0) is 43.3 Å². The molecule has 0 saturated carbocycles. The number of alkyl halides is 2. The van der Waals surface area contributed by atoms with Crippen LogP contribution >= 0.6 is 0 Å². The zero-order chi connectivity index (χ0) is 18.0. The lowest BCUT2D eigenvalue weighted by molar-refractivity contribution is -0.0498. The van der Waals surface area contributed by atoms with Gasteiger partial charge in [0.15, 0.2) is 0 Å². The summed E-state index contributed by atoms with van der Waals surface area (Å²) in [6.07, 6.45) is 0. The zero-order valence-corrected chi connectivity index (χ0v) is 13.1. The third-order valence-electron chi connectivity index (χ3n) is 3.50. The summed E-state index contributed by atoms with van der Waals surface area (Å²) in [6, 6.07) is 11.9. The summed E-state index contributed by atoms with van der Waals surface area (Å²) in [4.78, 5) is 29.1. The molecule has 1 N–H and O–H groups in total. The molecule has 0 atom stereocenters. The van der Waals surface area contributed by atoms with Crippen molar-refractivity contribution < 1.29 is 18.3 Å². The average Bonchev–Trinajstić information content (AvgIpc) is 2.58. The van der Waals surface area contributed by atoms with Crippen LogP contribution in [0.3, 0.4) is 0 Å². The van der Waals surface area contributed by atoms with Gasteiger partial charge in [-0.25, -0.2) is 9.66 Å². The van der Waals surface area contributed by atoms with Crippen molar-refractivity contribution in [2.24, 2.45) is 0 Å². The van der Waals surface area contributed by atoms with E-state index in [-0.39, 0.29) is 11.3 Å². The van der Waals surface area contributed by atoms with Crippen LogP contribution in [0, 0.1) is 6.92 Å². The molecule has 8 heteroatoms. The van der Waals surface area contributed by atoms with E-state index in [1.807, 2.05) is 0 Å². The Morgan fingerprint density at radius 3 is 2.52 bits per heavy atom. The number of para-hydroxylation sites is 1. The number of carbonyl (C=O) groups excluding carboxylic acids is 1. The molecular weight excluding hydrogens is 332 g/mol. The fourth-order valence-electron chi connectivity index (χ4n) is 2.33. The zero-order valence-electron chi connectivity index (χ0n) is 13.1. The summed E-state index contributed by atoms with van der Waals surface area (Å²) in [5.74, 6) is -0.326. The molecule has 0 fully saturated rings. The Labute approximate surface area is 140 Å². The van der Waals surface area contributed by atoms with Gasteiger partial charge in [0, 0.05) is 5.56 Å². The first-order valence-electron chi connectivity index (χ1n) is 7.30. The molecule has 1 heterocycles. The molecule has 1 aromatic heterocycles. The first-order valence-corrected chi connectivity index (χ1v) is 7.30.